The highest BCUT2D eigenvalue weighted by atomic mass is 32.1. The van der Waals surface area contributed by atoms with E-state index in [1.807, 2.05) is 10.6 Å². The van der Waals surface area contributed by atoms with Crippen molar-refractivity contribution in [2.24, 2.45) is 0 Å². The van der Waals surface area contributed by atoms with Gasteiger partial charge in [0.25, 0.3) is 0 Å². The first kappa shape index (κ1) is 10.9. The molecule has 1 aliphatic carbocycles. The predicted molar refractivity (Wildman–Crippen MR) is 72.9 cm³/mol. The number of nitrogens with zero attached hydrogens (tertiary/aromatic N) is 5. The number of aromatic nitrogens is 5. The van der Waals surface area contributed by atoms with Crippen LogP contribution in [-0.2, 0) is 0 Å². The standard InChI is InChI=1S/C12H12N6S/c13-9-5-4-8(6-14-9)11-17-18-10(7-2-1-3-7)15-16-12(18)19-11/h4-7H,1-3H2,(H2,13,14). The molecular weight excluding hydrogens is 260 g/mol. The van der Waals surface area contributed by atoms with Gasteiger partial charge in [-0.15, -0.1) is 10.2 Å². The van der Waals surface area contributed by atoms with E-state index in [1.165, 1.54) is 30.6 Å². The van der Waals surface area contributed by atoms with Crippen molar-refractivity contribution in [1.29, 1.82) is 0 Å². The molecule has 1 aliphatic rings. The lowest BCUT2D eigenvalue weighted by atomic mass is 9.85. The second-order valence-electron chi connectivity index (χ2n) is 4.76. The summed E-state index contributed by atoms with van der Waals surface area (Å²) in [6.07, 6.45) is 5.40. The maximum Gasteiger partial charge on any atom is 0.234 e. The van der Waals surface area contributed by atoms with Crippen molar-refractivity contribution in [3.05, 3.63) is 24.2 Å². The van der Waals surface area contributed by atoms with Crippen molar-refractivity contribution in [2.45, 2.75) is 25.2 Å². The molecule has 7 heteroatoms. The molecule has 3 aromatic heterocycles. The molecule has 3 heterocycles. The Bertz CT molecular complexity index is 724. The van der Waals surface area contributed by atoms with Crippen LogP contribution >= 0.6 is 11.3 Å². The molecule has 0 saturated heterocycles. The van der Waals surface area contributed by atoms with E-state index >= 15 is 0 Å². The Balaban J connectivity index is 1.79. The Morgan fingerprint density at radius 3 is 2.84 bits per heavy atom. The summed E-state index contributed by atoms with van der Waals surface area (Å²) in [7, 11) is 0. The predicted octanol–water partition coefficient (Wildman–Crippen LogP) is 2.10. The second-order valence-corrected chi connectivity index (χ2v) is 5.72. The van der Waals surface area contributed by atoms with Crippen LogP contribution in [0.15, 0.2) is 18.3 Å². The Labute approximate surface area is 113 Å². The van der Waals surface area contributed by atoms with Crippen molar-refractivity contribution in [3.63, 3.8) is 0 Å². The first-order chi connectivity index (χ1) is 9.31. The summed E-state index contributed by atoms with van der Waals surface area (Å²) >= 11 is 1.53. The molecule has 19 heavy (non-hydrogen) atoms. The quantitative estimate of drug-likeness (QED) is 0.772. The van der Waals surface area contributed by atoms with Crippen LogP contribution in [0.3, 0.4) is 0 Å². The van der Waals surface area contributed by atoms with E-state index in [2.05, 4.69) is 20.3 Å². The molecule has 1 fully saturated rings. The summed E-state index contributed by atoms with van der Waals surface area (Å²) < 4.78 is 1.88. The molecule has 96 valence electrons. The van der Waals surface area contributed by atoms with Gasteiger partial charge in [0, 0.05) is 17.7 Å². The maximum absolute atomic E-state index is 5.59. The lowest BCUT2D eigenvalue weighted by Gasteiger charge is -2.22. The first-order valence-corrected chi connectivity index (χ1v) is 7.07. The van der Waals surface area contributed by atoms with Gasteiger partial charge in [0.1, 0.15) is 10.8 Å². The minimum absolute atomic E-state index is 0.516. The molecule has 0 aliphatic heterocycles. The van der Waals surface area contributed by atoms with Gasteiger partial charge in [-0.2, -0.15) is 9.61 Å². The number of hydrogen-bond acceptors (Lipinski definition) is 6. The fourth-order valence-electron chi connectivity index (χ4n) is 2.20. The molecule has 0 amide bonds. The molecule has 0 radical (unpaired) electrons. The minimum atomic E-state index is 0.516. The van der Waals surface area contributed by atoms with E-state index in [0.717, 1.165) is 21.4 Å². The Morgan fingerprint density at radius 1 is 1.26 bits per heavy atom. The number of anilines is 1. The van der Waals surface area contributed by atoms with Crippen LogP contribution < -0.4 is 5.73 Å². The Hall–Kier alpha value is -2.02. The van der Waals surface area contributed by atoms with Crippen molar-refractivity contribution in [3.8, 4) is 10.6 Å². The number of pyridine rings is 1. The Morgan fingerprint density at radius 2 is 2.16 bits per heavy atom. The molecule has 1 saturated carbocycles. The molecule has 3 aromatic rings. The van der Waals surface area contributed by atoms with Gasteiger partial charge in [0.2, 0.25) is 4.96 Å². The normalized spacial score (nSPS) is 15.8. The van der Waals surface area contributed by atoms with Gasteiger partial charge in [-0.3, -0.25) is 0 Å². The van der Waals surface area contributed by atoms with E-state index in [0.29, 0.717) is 11.7 Å². The third kappa shape index (κ3) is 1.69. The summed E-state index contributed by atoms with van der Waals surface area (Å²) in [5, 5.41) is 14.0. The van der Waals surface area contributed by atoms with Crippen LogP contribution in [0.5, 0.6) is 0 Å². The van der Waals surface area contributed by atoms with Gasteiger partial charge in [0.15, 0.2) is 5.82 Å². The zero-order valence-electron chi connectivity index (χ0n) is 10.2. The average Bonchev–Trinajstić information content (AvgIpc) is 2.90. The van der Waals surface area contributed by atoms with Crippen LogP contribution in [0.25, 0.3) is 15.5 Å². The summed E-state index contributed by atoms with van der Waals surface area (Å²) in [6, 6.07) is 3.71. The topological polar surface area (TPSA) is 82.0 Å². The van der Waals surface area contributed by atoms with E-state index in [1.54, 1.807) is 12.3 Å². The molecular formula is C12H12N6S. The van der Waals surface area contributed by atoms with Gasteiger partial charge in [-0.05, 0) is 25.0 Å². The lowest BCUT2D eigenvalue weighted by molar-refractivity contribution is 0.395. The molecule has 0 bridgehead atoms. The zero-order chi connectivity index (χ0) is 12.8. The number of fused-ring (bicyclic) bond motifs is 1. The van der Waals surface area contributed by atoms with Crippen molar-refractivity contribution >= 4 is 22.1 Å². The van der Waals surface area contributed by atoms with Crippen LogP contribution in [0.4, 0.5) is 5.82 Å². The lowest BCUT2D eigenvalue weighted by Crippen LogP contribution is -2.12. The van der Waals surface area contributed by atoms with Gasteiger partial charge in [0.05, 0.1) is 0 Å². The summed E-state index contributed by atoms with van der Waals surface area (Å²) in [5.74, 6) is 2.03. The number of nitrogen functional groups attached to an aromatic ring is 1. The Kier molecular flexibility index (Phi) is 2.28. The first-order valence-electron chi connectivity index (χ1n) is 6.25. The summed E-state index contributed by atoms with van der Waals surface area (Å²) in [6.45, 7) is 0. The highest BCUT2D eigenvalue weighted by Gasteiger charge is 2.26. The van der Waals surface area contributed by atoms with Gasteiger partial charge in [-0.1, -0.05) is 17.8 Å². The minimum Gasteiger partial charge on any atom is -0.384 e. The van der Waals surface area contributed by atoms with E-state index in [9.17, 15) is 0 Å². The fraction of sp³-hybridized carbons (Fsp3) is 0.333. The van der Waals surface area contributed by atoms with Gasteiger partial charge >= 0.3 is 0 Å². The van der Waals surface area contributed by atoms with Crippen LogP contribution in [-0.4, -0.2) is 24.8 Å². The summed E-state index contributed by atoms with van der Waals surface area (Å²) in [5.41, 5.74) is 6.56. The van der Waals surface area contributed by atoms with Gasteiger partial charge < -0.3 is 5.73 Å². The third-order valence-corrected chi connectivity index (χ3v) is 4.47. The monoisotopic (exact) mass is 272 g/mol. The summed E-state index contributed by atoms with van der Waals surface area (Å²) in [4.78, 5) is 4.94. The van der Waals surface area contributed by atoms with Gasteiger partial charge in [-0.25, -0.2) is 4.98 Å². The number of rotatable bonds is 2. The molecule has 0 atom stereocenters. The van der Waals surface area contributed by atoms with Crippen LogP contribution in [0.1, 0.15) is 31.0 Å². The van der Waals surface area contributed by atoms with Crippen molar-refractivity contribution < 1.29 is 0 Å². The SMILES string of the molecule is Nc1ccc(-c2nn3c(C4CCC4)nnc3s2)cn1. The second kappa shape index (κ2) is 3.99. The largest absolute Gasteiger partial charge is 0.384 e. The van der Waals surface area contributed by atoms with Crippen molar-refractivity contribution in [1.82, 2.24) is 24.8 Å². The molecule has 0 unspecified atom stereocenters. The molecule has 0 aromatic carbocycles. The molecule has 2 N–H and O–H groups in total. The average molecular weight is 272 g/mol. The van der Waals surface area contributed by atoms with E-state index in [4.69, 9.17) is 5.73 Å². The highest BCUT2D eigenvalue weighted by molar-refractivity contribution is 7.19. The number of hydrogen-bond donors (Lipinski definition) is 1. The van der Waals surface area contributed by atoms with E-state index < -0.39 is 0 Å². The van der Waals surface area contributed by atoms with E-state index in [-0.39, 0.29) is 0 Å². The number of nitrogens with two attached hydrogens (primary N) is 1. The van der Waals surface area contributed by atoms with Crippen molar-refractivity contribution in [2.75, 3.05) is 5.73 Å². The maximum atomic E-state index is 5.59. The third-order valence-electron chi connectivity index (χ3n) is 3.52. The van der Waals surface area contributed by atoms with Crippen LogP contribution in [0.2, 0.25) is 0 Å². The zero-order valence-corrected chi connectivity index (χ0v) is 11.0. The molecule has 6 nitrogen and oxygen atoms in total. The smallest absolute Gasteiger partial charge is 0.234 e. The highest BCUT2D eigenvalue weighted by Crippen LogP contribution is 2.36. The molecule has 4 rings (SSSR count). The van der Waals surface area contributed by atoms with Crippen LogP contribution in [0, 0.1) is 0 Å². The fourth-order valence-corrected chi connectivity index (χ4v) is 3.04. The molecule has 0 spiro atoms.